The summed E-state index contributed by atoms with van der Waals surface area (Å²) in [7, 11) is 0. The molecular weight excluding hydrogens is 452 g/mol. The molecule has 190 valence electrons. The van der Waals surface area contributed by atoms with Gasteiger partial charge in [0, 0.05) is 6.04 Å². The molecular formula is C20H32N6O8. The lowest BCUT2D eigenvalue weighted by Gasteiger charge is -2.31. The van der Waals surface area contributed by atoms with Crippen LogP contribution < -0.4 is 11.1 Å². The van der Waals surface area contributed by atoms with E-state index in [1.807, 2.05) is 0 Å². The Labute approximate surface area is 196 Å². The second-order valence-electron chi connectivity index (χ2n) is 7.27. The molecule has 1 aliphatic heterocycles. The van der Waals surface area contributed by atoms with Gasteiger partial charge in [0.1, 0.15) is 11.6 Å². The number of hydrogen-bond acceptors (Lipinski definition) is 9. The molecule has 0 aliphatic carbocycles. The van der Waals surface area contributed by atoms with Gasteiger partial charge in [-0.2, -0.15) is 10.4 Å². The smallest absolute Gasteiger partial charge is 0.414 e. The summed E-state index contributed by atoms with van der Waals surface area (Å²) in [6.45, 7) is 6.96. The summed E-state index contributed by atoms with van der Waals surface area (Å²) < 4.78 is 0. The normalized spacial score (nSPS) is 13.4. The third kappa shape index (κ3) is 13.0. The summed E-state index contributed by atoms with van der Waals surface area (Å²) in [6.07, 6.45) is 6.79. The van der Waals surface area contributed by atoms with E-state index in [2.05, 4.69) is 33.4 Å². The second-order valence-corrected chi connectivity index (χ2v) is 7.27. The highest BCUT2D eigenvalue weighted by Crippen LogP contribution is 2.14. The number of likely N-dealkylation sites (tertiary alicyclic amines) is 1. The van der Waals surface area contributed by atoms with Gasteiger partial charge in [-0.05, 0) is 58.3 Å². The van der Waals surface area contributed by atoms with E-state index in [9.17, 15) is 0 Å². The molecule has 0 radical (unpaired) electrons. The van der Waals surface area contributed by atoms with Crippen molar-refractivity contribution in [3.63, 3.8) is 0 Å². The van der Waals surface area contributed by atoms with Crippen LogP contribution in [-0.2, 0) is 25.6 Å². The SMILES string of the molecule is CCN1CCC(NCCCCCc2[nH]nc(N)c2C#N)CC1.O=C(O)C(=O)O.O=C(O)C(=O)O. The van der Waals surface area contributed by atoms with Gasteiger partial charge < -0.3 is 36.4 Å². The molecule has 2 rings (SSSR count). The lowest BCUT2D eigenvalue weighted by molar-refractivity contribution is -0.159. The van der Waals surface area contributed by atoms with Crippen molar-refractivity contribution in [2.45, 2.75) is 51.5 Å². The zero-order valence-corrected chi connectivity index (χ0v) is 19.0. The van der Waals surface area contributed by atoms with Crippen LogP contribution in [0.2, 0.25) is 0 Å². The van der Waals surface area contributed by atoms with Gasteiger partial charge in [0.05, 0.1) is 5.69 Å². The third-order valence-corrected chi connectivity index (χ3v) is 4.92. The number of hydrogen-bond donors (Lipinski definition) is 7. The Morgan fingerprint density at radius 2 is 1.59 bits per heavy atom. The topological polar surface area (TPSA) is 243 Å². The van der Waals surface area contributed by atoms with Crippen LogP contribution in [0, 0.1) is 11.3 Å². The van der Waals surface area contributed by atoms with Crippen molar-refractivity contribution in [3.8, 4) is 6.07 Å². The number of H-pyrrole nitrogens is 1. The largest absolute Gasteiger partial charge is 0.473 e. The number of aryl methyl sites for hydroxylation is 1. The Kier molecular flexibility index (Phi) is 15.0. The average Bonchev–Trinajstić information content (AvgIpc) is 3.16. The molecule has 0 bridgehead atoms. The molecule has 1 aromatic rings. The van der Waals surface area contributed by atoms with Crippen LogP contribution in [0.5, 0.6) is 0 Å². The number of aromatic amines is 1. The number of unbranched alkanes of at least 4 members (excludes halogenated alkanes) is 2. The summed E-state index contributed by atoms with van der Waals surface area (Å²) in [5.41, 5.74) is 7.02. The first-order valence-corrected chi connectivity index (χ1v) is 10.6. The van der Waals surface area contributed by atoms with Crippen LogP contribution >= 0.6 is 0 Å². The van der Waals surface area contributed by atoms with E-state index >= 15 is 0 Å². The molecule has 34 heavy (non-hydrogen) atoms. The van der Waals surface area contributed by atoms with Gasteiger partial charge in [-0.25, -0.2) is 19.2 Å². The van der Waals surface area contributed by atoms with Gasteiger partial charge in [0.2, 0.25) is 0 Å². The predicted octanol–water partition coefficient (Wildman–Crippen LogP) is -0.0385. The molecule has 14 heteroatoms. The predicted molar refractivity (Wildman–Crippen MR) is 119 cm³/mol. The number of nitrogens with one attached hydrogen (secondary N) is 2. The number of nitrogens with zero attached hydrogens (tertiary/aromatic N) is 3. The highest BCUT2D eigenvalue weighted by atomic mass is 16.4. The van der Waals surface area contributed by atoms with Gasteiger partial charge in [0.15, 0.2) is 5.82 Å². The van der Waals surface area contributed by atoms with Crippen molar-refractivity contribution in [2.75, 3.05) is 31.9 Å². The van der Waals surface area contributed by atoms with E-state index < -0.39 is 23.9 Å². The Bertz CT molecular complexity index is 795. The van der Waals surface area contributed by atoms with Gasteiger partial charge in [-0.3, -0.25) is 5.10 Å². The van der Waals surface area contributed by atoms with Crippen LogP contribution in [0.25, 0.3) is 0 Å². The molecule has 1 saturated heterocycles. The number of anilines is 1. The lowest BCUT2D eigenvalue weighted by Crippen LogP contribution is -2.42. The highest BCUT2D eigenvalue weighted by molar-refractivity contribution is 6.27. The number of nitrogen functional groups attached to an aromatic ring is 1. The number of aromatic nitrogens is 2. The van der Waals surface area contributed by atoms with E-state index in [0.29, 0.717) is 17.4 Å². The first kappa shape index (κ1) is 30.3. The molecule has 1 aromatic heterocycles. The summed E-state index contributed by atoms with van der Waals surface area (Å²) in [6, 6.07) is 2.81. The standard InChI is InChI=1S/C16H28N6.2C2H2O4/c1-2-22-10-7-13(8-11-22)19-9-5-3-4-6-15-14(12-17)16(18)21-20-15;2*3-1(4)2(5)6/h13,19H,2-11H2,1H3,(H3,18,20,21);2*(H,3,4)(H,5,6). The summed E-state index contributed by atoms with van der Waals surface area (Å²) >= 11 is 0. The minimum absolute atomic E-state index is 0.317. The minimum Gasteiger partial charge on any atom is -0.473 e. The number of aliphatic carboxylic acids is 4. The lowest BCUT2D eigenvalue weighted by atomic mass is 10.0. The van der Waals surface area contributed by atoms with E-state index in [1.54, 1.807) is 0 Å². The van der Waals surface area contributed by atoms with Crippen molar-refractivity contribution in [3.05, 3.63) is 11.3 Å². The fraction of sp³-hybridized carbons (Fsp3) is 0.600. The van der Waals surface area contributed by atoms with Crippen LogP contribution in [0.15, 0.2) is 0 Å². The Morgan fingerprint density at radius 1 is 1.06 bits per heavy atom. The molecule has 0 amide bonds. The zero-order valence-electron chi connectivity index (χ0n) is 19.0. The maximum absolute atomic E-state index is 9.10. The number of piperidine rings is 1. The molecule has 0 saturated carbocycles. The molecule has 14 nitrogen and oxygen atoms in total. The van der Waals surface area contributed by atoms with E-state index in [4.69, 9.17) is 50.6 Å². The number of carboxylic acids is 4. The molecule has 0 atom stereocenters. The summed E-state index contributed by atoms with van der Waals surface area (Å²) in [5, 5.41) is 49.0. The fourth-order valence-electron chi connectivity index (χ4n) is 3.06. The van der Waals surface area contributed by atoms with Crippen LogP contribution in [0.4, 0.5) is 5.82 Å². The van der Waals surface area contributed by atoms with Gasteiger partial charge in [-0.15, -0.1) is 0 Å². The maximum Gasteiger partial charge on any atom is 0.414 e. The van der Waals surface area contributed by atoms with E-state index in [1.165, 1.54) is 38.9 Å². The summed E-state index contributed by atoms with van der Waals surface area (Å²) in [4.78, 5) is 38.9. The quantitative estimate of drug-likeness (QED) is 0.189. The molecule has 1 aliphatic rings. The molecule has 8 N–H and O–H groups in total. The van der Waals surface area contributed by atoms with Gasteiger partial charge in [0.25, 0.3) is 0 Å². The number of carboxylic acid groups (broad SMARTS) is 4. The molecule has 0 spiro atoms. The number of rotatable bonds is 8. The molecule has 0 aromatic carbocycles. The van der Waals surface area contributed by atoms with E-state index in [-0.39, 0.29) is 0 Å². The van der Waals surface area contributed by atoms with Gasteiger partial charge >= 0.3 is 23.9 Å². The minimum atomic E-state index is -1.82. The molecule has 1 fully saturated rings. The molecule has 0 unspecified atom stereocenters. The van der Waals surface area contributed by atoms with Crippen molar-refractivity contribution in [1.29, 1.82) is 5.26 Å². The first-order chi connectivity index (χ1) is 16.0. The number of carbonyl (C=O) groups is 4. The Morgan fingerprint density at radius 3 is 2.03 bits per heavy atom. The van der Waals surface area contributed by atoms with Crippen molar-refractivity contribution in [1.82, 2.24) is 20.4 Å². The monoisotopic (exact) mass is 484 g/mol. The molecule has 2 heterocycles. The Hall–Kier alpha value is -3.70. The third-order valence-electron chi connectivity index (χ3n) is 4.92. The number of nitriles is 1. The van der Waals surface area contributed by atoms with Crippen LogP contribution in [-0.4, -0.2) is 91.6 Å². The maximum atomic E-state index is 9.10. The van der Waals surface area contributed by atoms with E-state index in [0.717, 1.165) is 31.5 Å². The van der Waals surface area contributed by atoms with Gasteiger partial charge in [-0.1, -0.05) is 13.3 Å². The summed E-state index contributed by atoms with van der Waals surface area (Å²) in [5.74, 6) is -6.98. The van der Waals surface area contributed by atoms with Crippen molar-refractivity contribution < 1.29 is 39.6 Å². The van der Waals surface area contributed by atoms with Crippen molar-refractivity contribution >= 4 is 29.7 Å². The van der Waals surface area contributed by atoms with Crippen LogP contribution in [0.3, 0.4) is 0 Å². The average molecular weight is 485 g/mol. The second kappa shape index (κ2) is 16.9. The van der Waals surface area contributed by atoms with Crippen molar-refractivity contribution in [2.24, 2.45) is 0 Å². The Balaban J connectivity index is 0.000000750. The fourth-order valence-corrected chi connectivity index (χ4v) is 3.06. The highest BCUT2D eigenvalue weighted by Gasteiger charge is 2.17. The number of nitrogens with two attached hydrogens (primary N) is 1. The zero-order chi connectivity index (χ0) is 26.1. The van der Waals surface area contributed by atoms with Crippen LogP contribution in [0.1, 0.15) is 50.3 Å². The first-order valence-electron chi connectivity index (χ1n) is 10.6.